The fourth-order valence-electron chi connectivity index (χ4n) is 5.37. The van der Waals surface area contributed by atoms with Gasteiger partial charge < -0.3 is 15.1 Å². The number of hydrogen-bond acceptors (Lipinski definition) is 3. The Hall–Kier alpha value is -1.84. The highest BCUT2D eigenvalue weighted by atomic mass is 16.3. The van der Waals surface area contributed by atoms with Crippen LogP contribution in [0, 0.1) is 11.8 Å². The van der Waals surface area contributed by atoms with Gasteiger partial charge in [0.25, 0.3) is 0 Å². The predicted octanol–water partition coefficient (Wildman–Crippen LogP) is 3.99. The summed E-state index contributed by atoms with van der Waals surface area (Å²) in [5.41, 5.74) is 2.02. The molecule has 3 nitrogen and oxygen atoms in total. The number of phenolic OH excluding ortho intramolecular Hbond substituents is 1. The largest absolute Gasteiger partial charge is 0.508 e. The molecule has 27 heavy (non-hydrogen) atoms. The number of hydrogen-bond donors (Lipinski definition) is 2. The molecule has 4 rings (SSSR count). The first-order valence-corrected chi connectivity index (χ1v) is 10.1. The van der Waals surface area contributed by atoms with E-state index in [2.05, 4.69) is 43.0 Å². The summed E-state index contributed by atoms with van der Waals surface area (Å²) in [6.07, 6.45) is 2.62. The predicted molar refractivity (Wildman–Crippen MR) is 109 cm³/mol. The van der Waals surface area contributed by atoms with Gasteiger partial charge in [-0.2, -0.15) is 0 Å². The Balaban J connectivity index is 1.36. The maximum absolute atomic E-state index is 11.1. The van der Waals surface area contributed by atoms with Crippen LogP contribution < -0.4 is 0 Å². The highest BCUT2D eigenvalue weighted by Crippen LogP contribution is 2.46. The van der Waals surface area contributed by atoms with Crippen LogP contribution in [-0.4, -0.2) is 40.3 Å². The van der Waals surface area contributed by atoms with Gasteiger partial charge in [-0.05, 0) is 47.9 Å². The molecule has 0 amide bonds. The smallest absolute Gasteiger partial charge is 0.115 e. The molecule has 1 aliphatic heterocycles. The fraction of sp³-hybridized carbons (Fsp3) is 0.500. The molecule has 2 fully saturated rings. The van der Waals surface area contributed by atoms with Gasteiger partial charge in [0, 0.05) is 31.5 Å². The quantitative estimate of drug-likeness (QED) is 0.842. The Kier molecular flexibility index (Phi) is 4.77. The van der Waals surface area contributed by atoms with Gasteiger partial charge in [0.2, 0.25) is 0 Å². The first kappa shape index (κ1) is 18.5. The van der Waals surface area contributed by atoms with E-state index in [1.807, 2.05) is 18.2 Å². The summed E-state index contributed by atoms with van der Waals surface area (Å²) in [6.45, 7) is 7.74. The van der Waals surface area contributed by atoms with Crippen LogP contribution in [0.4, 0.5) is 0 Å². The van der Waals surface area contributed by atoms with Crippen LogP contribution in [0.1, 0.15) is 37.8 Å². The van der Waals surface area contributed by atoms with Crippen molar-refractivity contribution in [1.29, 1.82) is 0 Å². The van der Waals surface area contributed by atoms with Crippen LogP contribution in [0.3, 0.4) is 0 Å². The van der Waals surface area contributed by atoms with E-state index in [0.29, 0.717) is 17.6 Å². The van der Waals surface area contributed by atoms with Gasteiger partial charge in [0.15, 0.2) is 0 Å². The molecule has 0 unspecified atom stereocenters. The lowest BCUT2D eigenvalue weighted by atomic mass is 9.84. The lowest BCUT2D eigenvalue weighted by Gasteiger charge is -2.32. The molecule has 0 spiro atoms. The van der Waals surface area contributed by atoms with Gasteiger partial charge in [-0.3, -0.25) is 0 Å². The number of likely N-dealkylation sites (tertiary alicyclic amines) is 1. The van der Waals surface area contributed by atoms with Gasteiger partial charge in [-0.15, -0.1) is 0 Å². The highest BCUT2D eigenvalue weighted by molar-refractivity contribution is 5.31. The number of rotatable bonds is 5. The van der Waals surface area contributed by atoms with E-state index >= 15 is 0 Å². The van der Waals surface area contributed by atoms with Crippen LogP contribution >= 0.6 is 0 Å². The van der Waals surface area contributed by atoms with Crippen molar-refractivity contribution in [1.82, 2.24) is 4.90 Å². The second-order valence-corrected chi connectivity index (χ2v) is 9.44. The van der Waals surface area contributed by atoms with Gasteiger partial charge in [-0.1, -0.05) is 56.3 Å². The van der Waals surface area contributed by atoms with Crippen LogP contribution in [0.25, 0.3) is 0 Å². The summed E-state index contributed by atoms with van der Waals surface area (Å²) in [5.74, 6) is 1.53. The monoisotopic (exact) mass is 365 g/mol. The Bertz CT molecular complexity index is 755. The van der Waals surface area contributed by atoms with Crippen molar-refractivity contribution in [3.63, 3.8) is 0 Å². The molecule has 2 aromatic carbocycles. The number of benzene rings is 2. The van der Waals surface area contributed by atoms with E-state index in [9.17, 15) is 10.2 Å². The third kappa shape index (κ3) is 4.04. The molecule has 3 atom stereocenters. The molecule has 3 heteroatoms. The molecule has 0 bridgehead atoms. The van der Waals surface area contributed by atoms with Crippen LogP contribution in [-0.2, 0) is 11.8 Å². The number of aliphatic hydroxyl groups is 1. The van der Waals surface area contributed by atoms with Crippen molar-refractivity contribution in [2.75, 3.05) is 19.6 Å². The lowest BCUT2D eigenvalue weighted by molar-refractivity contribution is 0.0347. The van der Waals surface area contributed by atoms with E-state index in [1.54, 1.807) is 12.1 Å². The average Bonchev–Trinajstić information content (AvgIpc) is 3.09. The van der Waals surface area contributed by atoms with Crippen LogP contribution in [0.15, 0.2) is 54.6 Å². The third-order valence-corrected chi connectivity index (χ3v) is 6.58. The SMILES string of the molecule is CC(C)(CN1C[C@@H]2C[C@@](O)(Cc3ccccc3)C[C@@H]2C1)c1ccc(O)cc1. The molecular formula is C24H31NO2. The molecule has 0 radical (unpaired) electrons. The van der Waals surface area contributed by atoms with Crippen LogP contribution in [0.5, 0.6) is 5.75 Å². The molecular weight excluding hydrogens is 334 g/mol. The average molecular weight is 366 g/mol. The fourth-order valence-corrected chi connectivity index (χ4v) is 5.37. The molecule has 1 saturated carbocycles. The number of phenols is 1. The van der Waals surface area contributed by atoms with Gasteiger partial charge >= 0.3 is 0 Å². The molecule has 2 N–H and O–H groups in total. The summed E-state index contributed by atoms with van der Waals surface area (Å²) in [5, 5.41) is 20.7. The zero-order valence-electron chi connectivity index (χ0n) is 16.4. The summed E-state index contributed by atoms with van der Waals surface area (Å²) in [6, 6.07) is 18.0. The Morgan fingerprint density at radius 1 is 0.963 bits per heavy atom. The normalized spacial score (nSPS) is 28.4. The molecule has 2 aliphatic rings. The zero-order chi connectivity index (χ0) is 19.1. The molecule has 144 valence electrons. The Morgan fingerprint density at radius 2 is 1.56 bits per heavy atom. The minimum Gasteiger partial charge on any atom is -0.508 e. The van der Waals surface area contributed by atoms with Crippen LogP contribution in [0.2, 0.25) is 0 Å². The van der Waals surface area contributed by atoms with Crippen molar-refractivity contribution < 1.29 is 10.2 Å². The molecule has 1 aliphatic carbocycles. The maximum atomic E-state index is 11.1. The van der Waals surface area contributed by atoms with E-state index in [1.165, 1.54) is 11.1 Å². The maximum Gasteiger partial charge on any atom is 0.115 e. The van der Waals surface area contributed by atoms with Crippen molar-refractivity contribution in [2.45, 2.75) is 44.1 Å². The van der Waals surface area contributed by atoms with E-state index in [4.69, 9.17) is 0 Å². The van der Waals surface area contributed by atoms with E-state index in [-0.39, 0.29) is 5.41 Å². The highest BCUT2D eigenvalue weighted by Gasteiger charge is 2.48. The van der Waals surface area contributed by atoms with E-state index < -0.39 is 5.60 Å². The van der Waals surface area contributed by atoms with Crippen molar-refractivity contribution >= 4 is 0 Å². The minimum atomic E-state index is -0.532. The van der Waals surface area contributed by atoms with Gasteiger partial charge in [-0.25, -0.2) is 0 Å². The summed E-state index contributed by atoms with van der Waals surface area (Å²) in [7, 11) is 0. The molecule has 0 aromatic heterocycles. The third-order valence-electron chi connectivity index (χ3n) is 6.58. The first-order chi connectivity index (χ1) is 12.8. The topological polar surface area (TPSA) is 43.7 Å². The zero-order valence-corrected chi connectivity index (χ0v) is 16.4. The lowest BCUT2D eigenvalue weighted by Crippen LogP contribution is -2.38. The first-order valence-electron chi connectivity index (χ1n) is 10.1. The van der Waals surface area contributed by atoms with Gasteiger partial charge in [0.1, 0.15) is 5.75 Å². The summed E-state index contributed by atoms with van der Waals surface area (Å²) in [4.78, 5) is 2.57. The van der Waals surface area contributed by atoms with Crippen molar-refractivity contribution in [2.24, 2.45) is 11.8 Å². The number of nitrogens with zero attached hydrogens (tertiary/aromatic N) is 1. The molecule has 1 saturated heterocycles. The van der Waals surface area contributed by atoms with Crippen molar-refractivity contribution in [3.05, 3.63) is 65.7 Å². The second-order valence-electron chi connectivity index (χ2n) is 9.44. The van der Waals surface area contributed by atoms with Crippen molar-refractivity contribution in [3.8, 4) is 5.75 Å². The Morgan fingerprint density at radius 3 is 2.15 bits per heavy atom. The Labute approximate surface area is 162 Å². The van der Waals surface area contributed by atoms with E-state index in [0.717, 1.165) is 38.9 Å². The molecule has 2 aromatic rings. The number of fused-ring (bicyclic) bond motifs is 1. The molecule has 1 heterocycles. The number of aromatic hydroxyl groups is 1. The minimum absolute atomic E-state index is 0.0483. The second kappa shape index (κ2) is 6.96. The van der Waals surface area contributed by atoms with Gasteiger partial charge in [0.05, 0.1) is 5.60 Å². The standard InChI is InChI=1S/C24H31NO2/c1-23(2,21-8-10-22(26)11-9-21)17-25-15-19-13-24(27,14-20(19)16-25)12-18-6-4-3-5-7-18/h3-11,19-20,26-27H,12-17H2,1-2H3/t19-,20+,24-. The summed E-state index contributed by atoms with van der Waals surface area (Å²) < 4.78 is 0. The summed E-state index contributed by atoms with van der Waals surface area (Å²) >= 11 is 0.